The molecule has 164 valence electrons. The Hall–Kier alpha value is -0.620. The van der Waals surface area contributed by atoms with Crippen molar-refractivity contribution >= 4 is 0 Å². The number of ether oxygens (including phenoxy) is 2. The van der Waals surface area contributed by atoms with Crippen molar-refractivity contribution in [3.63, 3.8) is 0 Å². The predicted molar refractivity (Wildman–Crippen MR) is 86.7 cm³/mol. The summed E-state index contributed by atoms with van der Waals surface area (Å²) in [5, 5.41) is 19.4. The van der Waals surface area contributed by atoms with Crippen LogP contribution in [0.4, 0.5) is 8.78 Å². The second-order valence-corrected chi connectivity index (χ2v) is 7.20. The van der Waals surface area contributed by atoms with Gasteiger partial charge in [-0.05, 0) is 12.8 Å². The van der Waals surface area contributed by atoms with Crippen molar-refractivity contribution in [3.05, 3.63) is 0 Å². The van der Waals surface area contributed by atoms with Gasteiger partial charge in [-0.15, -0.1) is 0 Å². The molecule has 14 heteroatoms. The van der Waals surface area contributed by atoms with Gasteiger partial charge in [0.2, 0.25) is 12.6 Å². The molecule has 10 unspecified atom stereocenters. The lowest BCUT2D eigenvalue weighted by molar-refractivity contribution is -0.484. The first-order chi connectivity index (χ1) is 13.1. The highest BCUT2D eigenvalue weighted by molar-refractivity contribution is 5.04. The van der Waals surface area contributed by atoms with E-state index in [1.165, 1.54) is 0 Å². The van der Waals surface area contributed by atoms with Crippen molar-refractivity contribution in [3.8, 4) is 0 Å². The topological polar surface area (TPSA) is 203 Å². The minimum atomic E-state index is -3.69. The van der Waals surface area contributed by atoms with Gasteiger partial charge >= 0.3 is 5.92 Å². The van der Waals surface area contributed by atoms with E-state index in [0.29, 0.717) is 13.0 Å². The van der Waals surface area contributed by atoms with Crippen molar-refractivity contribution in [2.24, 2.45) is 22.9 Å². The fourth-order valence-electron chi connectivity index (χ4n) is 3.37. The molecule has 12 nitrogen and oxygen atoms in total. The van der Waals surface area contributed by atoms with E-state index in [1.54, 1.807) is 0 Å². The maximum absolute atomic E-state index is 15.2. The molecule has 0 amide bonds. The van der Waals surface area contributed by atoms with Crippen LogP contribution < -0.4 is 28.4 Å². The summed E-state index contributed by atoms with van der Waals surface area (Å²) < 4.78 is 41.0. The van der Waals surface area contributed by atoms with E-state index in [4.69, 9.17) is 37.2 Å². The van der Waals surface area contributed by atoms with Gasteiger partial charge in [-0.2, -0.15) is 10.4 Å². The number of hydroxylamine groups is 1. The summed E-state index contributed by atoms with van der Waals surface area (Å²) in [5.41, 5.74) is 25.6. The van der Waals surface area contributed by atoms with E-state index in [1.807, 2.05) is 0 Å². The van der Waals surface area contributed by atoms with Crippen LogP contribution in [0.3, 0.4) is 0 Å². The van der Waals surface area contributed by atoms with E-state index in [2.05, 4.69) is 15.3 Å². The van der Waals surface area contributed by atoms with Crippen LogP contribution in [-0.2, 0) is 24.1 Å². The van der Waals surface area contributed by atoms with Gasteiger partial charge in [-0.25, -0.2) is 13.7 Å². The molecule has 0 radical (unpaired) electrons. The van der Waals surface area contributed by atoms with E-state index in [9.17, 15) is 10.2 Å². The van der Waals surface area contributed by atoms with Gasteiger partial charge < -0.3 is 42.6 Å². The van der Waals surface area contributed by atoms with Gasteiger partial charge in [0.1, 0.15) is 18.3 Å². The molecule has 0 aromatic rings. The number of rotatable bonds is 4. The van der Waals surface area contributed by atoms with Gasteiger partial charge in [0.05, 0.1) is 12.1 Å². The summed E-state index contributed by atoms with van der Waals surface area (Å²) in [6.45, 7) is 0.452. The average molecular weight is 415 g/mol. The predicted octanol–water partition coefficient (Wildman–Crippen LogP) is -3.68. The molecule has 1 saturated carbocycles. The standard InChI is InChI=1S/C14H27F2N5O7/c15-14(16)9(24-12-4(17)1-2-21-26-12)5(18)3-6(19)10(14)25-13-8(22)7(20)11(23)27-28-13/h4-13,21-23H,1-3,17-20H2. The van der Waals surface area contributed by atoms with Crippen molar-refractivity contribution < 1.29 is 43.1 Å². The van der Waals surface area contributed by atoms with Crippen LogP contribution in [0, 0.1) is 0 Å². The molecule has 11 N–H and O–H groups in total. The Labute approximate surface area is 159 Å². The molecule has 0 bridgehead atoms. The lowest BCUT2D eigenvalue weighted by Gasteiger charge is -2.47. The van der Waals surface area contributed by atoms with E-state index < -0.39 is 67.3 Å². The van der Waals surface area contributed by atoms with E-state index in [-0.39, 0.29) is 6.42 Å². The number of alkyl halides is 2. The van der Waals surface area contributed by atoms with Crippen molar-refractivity contribution in [1.29, 1.82) is 0 Å². The highest BCUT2D eigenvalue weighted by atomic mass is 19.3. The SMILES string of the molecule is NC1CCNOC1OC1C(N)CC(N)C(OC2OOC(O)C(N)C2O)C1(F)F. The zero-order chi connectivity index (χ0) is 20.6. The first-order valence-electron chi connectivity index (χ1n) is 8.90. The third-order valence-electron chi connectivity index (χ3n) is 5.02. The van der Waals surface area contributed by atoms with Crippen LogP contribution in [0.15, 0.2) is 0 Å². The number of aliphatic hydroxyl groups is 2. The maximum atomic E-state index is 15.2. The highest BCUT2D eigenvalue weighted by Gasteiger charge is 2.60. The third-order valence-corrected chi connectivity index (χ3v) is 5.02. The molecule has 2 heterocycles. The maximum Gasteiger partial charge on any atom is 0.302 e. The Kier molecular flexibility index (Phi) is 6.80. The minimum absolute atomic E-state index is 0.0708. The zero-order valence-electron chi connectivity index (χ0n) is 14.9. The molecule has 1 aliphatic carbocycles. The normalized spacial score (nSPS) is 49.7. The monoisotopic (exact) mass is 415 g/mol. The Morgan fingerprint density at radius 2 is 1.54 bits per heavy atom. The van der Waals surface area contributed by atoms with E-state index >= 15 is 8.78 Å². The molecule has 0 aromatic heterocycles. The fraction of sp³-hybridized carbons (Fsp3) is 1.00. The largest absolute Gasteiger partial charge is 0.386 e. The van der Waals surface area contributed by atoms with Crippen LogP contribution in [0.5, 0.6) is 0 Å². The Balaban J connectivity index is 1.73. The molecule has 3 fully saturated rings. The van der Waals surface area contributed by atoms with Crippen LogP contribution in [0.1, 0.15) is 12.8 Å². The molecular formula is C14H27F2N5O7. The van der Waals surface area contributed by atoms with Gasteiger partial charge in [0.15, 0.2) is 6.29 Å². The summed E-state index contributed by atoms with van der Waals surface area (Å²) in [5.74, 6) is -3.69. The van der Waals surface area contributed by atoms with Crippen LogP contribution in [0.2, 0.25) is 0 Å². The summed E-state index contributed by atoms with van der Waals surface area (Å²) in [4.78, 5) is 14.2. The molecule has 2 saturated heterocycles. The number of hydrogen-bond donors (Lipinski definition) is 7. The molecule has 28 heavy (non-hydrogen) atoms. The van der Waals surface area contributed by atoms with Gasteiger partial charge in [-0.1, -0.05) is 0 Å². The smallest absolute Gasteiger partial charge is 0.302 e. The van der Waals surface area contributed by atoms with Crippen LogP contribution in [-0.4, -0.2) is 84.0 Å². The first-order valence-corrected chi connectivity index (χ1v) is 8.90. The summed E-state index contributed by atoms with van der Waals surface area (Å²) in [6.07, 6.45) is -9.52. The van der Waals surface area contributed by atoms with Crippen molar-refractivity contribution in [2.45, 2.75) is 80.1 Å². The summed E-state index contributed by atoms with van der Waals surface area (Å²) in [7, 11) is 0. The Bertz CT molecular complexity index is 538. The molecule has 0 spiro atoms. The molecule has 3 rings (SSSR count). The molecular weight excluding hydrogens is 388 g/mol. The first kappa shape index (κ1) is 22.1. The molecule has 10 atom stereocenters. The van der Waals surface area contributed by atoms with Gasteiger partial charge in [0, 0.05) is 18.6 Å². The Morgan fingerprint density at radius 3 is 2.14 bits per heavy atom. The van der Waals surface area contributed by atoms with Crippen LogP contribution >= 0.6 is 0 Å². The molecule has 3 aliphatic rings. The van der Waals surface area contributed by atoms with Crippen LogP contribution in [0.25, 0.3) is 0 Å². The number of aliphatic hydroxyl groups excluding tert-OH is 2. The second kappa shape index (κ2) is 8.63. The van der Waals surface area contributed by atoms with E-state index in [0.717, 1.165) is 0 Å². The highest BCUT2D eigenvalue weighted by Crippen LogP contribution is 2.39. The number of nitrogens with two attached hydrogens (primary N) is 4. The summed E-state index contributed by atoms with van der Waals surface area (Å²) >= 11 is 0. The number of nitrogens with one attached hydrogen (secondary N) is 1. The second-order valence-electron chi connectivity index (χ2n) is 7.20. The lowest BCUT2D eigenvalue weighted by Crippen LogP contribution is -2.69. The zero-order valence-corrected chi connectivity index (χ0v) is 14.9. The van der Waals surface area contributed by atoms with Crippen molar-refractivity contribution in [1.82, 2.24) is 5.48 Å². The molecule has 2 aliphatic heterocycles. The molecule has 0 aromatic carbocycles. The number of hydrogen-bond acceptors (Lipinski definition) is 12. The summed E-state index contributed by atoms with van der Waals surface area (Å²) in [6, 6.07) is -4.29. The van der Waals surface area contributed by atoms with Gasteiger partial charge in [0.25, 0.3) is 0 Å². The quantitative estimate of drug-likeness (QED) is 0.222. The fourth-order valence-corrected chi connectivity index (χ4v) is 3.37. The van der Waals surface area contributed by atoms with Gasteiger partial charge in [-0.3, -0.25) is 4.84 Å². The lowest BCUT2D eigenvalue weighted by atomic mass is 9.83. The van der Waals surface area contributed by atoms with Crippen molar-refractivity contribution in [2.75, 3.05) is 6.54 Å². The minimum Gasteiger partial charge on any atom is -0.386 e. The third kappa shape index (κ3) is 4.28. The average Bonchev–Trinajstić information content (AvgIpc) is 2.63. The number of halogens is 2. The Morgan fingerprint density at radius 1 is 0.929 bits per heavy atom.